The first-order valence-corrected chi connectivity index (χ1v) is 13.6. The van der Waals surface area contributed by atoms with Gasteiger partial charge in [0.15, 0.2) is 11.5 Å². The van der Waals surface area contributed by atoms with Gasteiger partial charge >= 0.3 is 0 Å². The second-order valence-electron chi connectivity index (χ2n) is 8.66. The second-order valence-corrected chi connectivity index (χ2v) is 10.6. The van der Waals surface area contributed by atoms with Crippen molar-refractivity contribution in [1.29, 1.82) is 0 Å². The molecule has 0 saturated carbocycles. The van der Waals surface area contributed by atoms with Gasteiger partial charge in [0.2, 0.25) is 5.91 Å². The number of thioether (sulfide) groups is 1. The number of ether oxygens (including phenoxy) is 2. The molecule has 4 aromatic rings. The minimum Gasteiger partial charge on any atom is -0.493 e. The van der Waals surface area contributed by atoms with Crippen molar-refractivity contribution in [3.63, 3.8) is 0 Å². The third kappa shape index (κ3) is 6.16. The fourth-order valence-electron chi connectivity index (χ4n) is 4.13. The normalized spacial score (nSPS) is 14.2. The molecule has 0 aromatic heterocycles. The molecular formula is C30H23BrN2O5S. The van der Waals surface area contributed by atoms with Crippen molar-refractivity contribution in [2.45, 2.75) is 6.61 Å². The van der Waals surface area contributed by atoms with Crippen molar-refractivity contribution in [3.8, 4) is 11.5 Å². The van der Waals surface area contributed by atoms with Crippen LogP contribution in [0.1, 0.15) is 11.1 Å². The molecule has 9 heteroatoms. The average molecular weight is 603 g/mol. The molecule has 1 saturated heterocycles. The van der Waals surface area contributed by atoms with Gasteiger partial charge in [0.25, 0.3) is 11.1 Å². The number of carbonyl (C=O) groups is 3. The van der Waals surface area contributed by atoms with E-state index < -0.39 is 17.1 Å². The van der Waals surface area contributed by atoms with Crippen LogP contribution in [0.2, 0.25) is 0 Å². The number of halogens is 1. The molecule has 1 aliphatic rings. The highest BCUT2D eigenvalue weighted by molar-refractivity contribution is 9.10. The minimum absolute atomic E-state index is 0.225. The van der Waals surface area contributed by atoms with Gasteiger partial charge in [-0.1, -0.05) is 64.5 Å². The summed E-state index contributed by atoms with van der Waals surface area (Å²) >= 11 is 4.13. The summed E-state index contributed by atoms with van der Waals surface area (Å²) in [7, 11) is 1.54. The number of nitrogens with zero attached hydrogens (tertiary/aromatic N) is 1. The zero-order valence-corrected chi connectivity index (χ0v) is 23.3. The number of anilines is 1. The molecule has 0 atom stereocenters. The molecule has 0 spiro atoms. The van der Waals surface area contributed by atoms with E-state index in [4.69, 9.17) is 9.47 Å². The van der Waals surface area contributed by atoms with Crippen LogP contribution >= 0.6 is 27.7 Å². The van der Waals surface area contributed by atoms with Crippen molar-refractivity contribution >= 4 is 67.3 Å². The van der Waals surface area contributed by atoms with E-state index in [0.29, 0.717) is 29.4 Å². The number of hydrogen-bond donors (Lipinski definition) is 1. The van der Waals surface area contributed by atoms with E-state index in [1.165, 1.54) is 0 Å². The molecule has 1 aliphatic heterocycles. The van der Waals surface area contributed by atoms with Crippen LogP contribution < -0.4 is 14.8 Å². The van der Waals surface area contributed by atoms with E-state index in [2.05, 4.69) is 39.4 Å². The number of hydrogen-bond acceptors (Lipinski definition) is 6. The number of amides is 3. The Hall–Kier alpha value is -4.08. The zero-order valence-electron chi connectivity index (χ0n) is 20.8. The highest BCUT2D eigenvalue weighted by Crippen LogP contribution is 2.35. The van der Waals surface area contributed by atoms with Gasteiger partial charge in [-0.3, -0.25) is 19.3 Å². The number of fused-ring (bicyclic) bond motifs is 1. The number of methoxy groups -OCH3 is 1. The van der Waals surface area contributed by atoms with E-state index in [0.717, 1.165) is 37.5 Å². The molecule has 0 radical (unpaired) electrons. The smallest absolute Gasteiger partial charge is 0.294 e. The Labute approximate surface area is 237 Å². The third-order valence-corrected chi connectivity index (χ3v) is 7.49. The van der Waals surface area contributed by atoms with Crippen LogP contribution in [-0.4, -0.2) is 35.6 Å². The lowest BCUT2D eigenvalue weighted by Gasteiger charge is -2.13. The first-order chi connectivity index (χ1) is 18.9. The van der Waals surface area contributed by atoms with Gasteiger partial charge in [-0.2, -0.15) is 0 Å². The molecule has 3 amide bonds. The second kappa shape index (κ2) is 11.8. The largest absolute Gasteiger partial charge is 0.493 e. The highest BCUT2D eigenvalue weighted by atomic mass is 79.9. The molecule has 1 heterocycles. The van der Waals surface area contributed by atoms with Crippen molar-refractivity contribution in [1.82, 2.24) is 4.90 Å². The lowest BCUT2D eigenvalue weighted by Crippen LogP contribution is -2.36. The summed E-state index contributed by atoms with van der Waals surface area (Å²) < 4.78 is 12.5. The molecule has 5 rings (SSSR count). The molecule has 0 bridgehead atoms. The van der Waals surface area contributed by atoms with E-state index in [1.54, 1.807) is 55.7 Å². The topological polar surface area (TPSA) is 84.9 Å². The molecule has 1 fully saturated rings. The Bertz CT molecular complexity index is 1600. The molecular weight excluding hydrogens is 580 g/mol. The summed E-state index contributed by atoms with van der Waals surface area (Å²) in [4.78, 5) is 39.0. The quantitative estimate of drug-likeness (QED) is 0.222. The first-order valence-electron chi connectivity index (χ1n) is 12.0. The van der Waals surface area contributed by atoms with Gasteiger partial charge in [0.1, 0.15) is 13.2 Å². The molecule has 7 nitrogen and oxygen atoms in total. The van der Waals surface area contributed by atoms with Crippen molar-refractivity contribution in [3.05, 3.63) is 105 Å². The summed E-state index contributed by atoms with van der Waals surface area (Å²) in [6, 6.07) is 26.5. The predicted molar refractivity (Wildman–Crippen MR) is 157 cm³/mol. The van der Waals surface area contributed by atoms with Crippen molar-refractivity contribution in [2.24, 2.45) is 0 Å². The van der Waals surface area contributed by atoms with Crippen molar-refractivity contribution in [2.75, 3.05) is 19.0 Å². The number of nitrogens with one attached hydrogen (secondary N) is 1. The van der Waals surface area contributed by atoms with Gasteiger partial charge in [-0.05, 0) is 76.1 Å². The van der Waals surface area contributed by atoms with E-state index in [9.17, 15) is 14.4 Å². The maximum Gasteiger partial charge on any atom is 0.294 e. The van der Waals surface area contributed by atoms with E-state index in [-0.39, 0.29) is 11.4 Å². The molecule has 1 N–H and O–H groups in total. The maximum atomic E-state index is 12.9. The summed E-state index contributed by atoms with van der Waals surface area (Å²) in [5.41, 5.74) is 2.28. The summed E-state index contributed by atoms with van der Waals surface area (Å²) in [6.07, 6.45) is 1.61. The Kier molecular flexibility index (Phi) is 7.99. The van der Waals surface area contributed by atoms with Gasteiger partial charge in [0, 0.05) is 10.2 Å². The Morgan fingerprint density at radius 2 is 1.74 bits per heavy atom. The monoisotopic (exact) mass is 602 g/mol. The lowest BCUT2D eigenvalue weighted by molar-refractivity contribution is -0.127. The standard InChI is InChI=1S/C30H23BrN2O5S/c1-37-26-15-19(9-14-25(26)38-18-21-7-4-6-20-5-2-3-8-24(20)21)16-27-29(35)33(30(36)39-27)17-28(34)32-23-12-10-22(31)11-13-23/h2-16H,17-18H2,1H3,(H,32,34)/b27-16+. The summed E-state index contributed by atoms with van der Waals surface area (Å²) in [6.45, 7) is -0.0133. The molecule has 4 aromatic carbocycles. The van der Waals surface area contributed by atoms with Crippen LogP contribution in [0.4, 0.5) is 10.5 Å². The maximum absolute atomic E-state index is 12.9. The predicted octanol–water partition coefficient (Wildman–Crippen LogP) is 6.86. The summed E-state index contributed by atoms with van der Waals surface area (Å²) in [5.74, 6) is 0.0684. The molecule has 0 unspecified atom stereocenters. The van der Waals surface area contributed by atoms with Gasteiger partial charge in [0.05, 0.1) is 12.0 Å². The number of carbonyl (C=O) groups excluding carboxylic acids is 3. The average Bonchev–Trinajstić information content (AvgIpc) is 3.20. The lowest BCUT2D eigenvalue weighted by atomic mass is 10.1. The molecule has 39 heavy (non-hydrogen) atoms. The Balaban J connectivity index is 1.26. The van der Waals surface area contributed by atoms with E-state index >= 15 is 0 Å². The number of benzene rings is 4. The minimum atomic E-state index is -0.522. The fraction of sp³-hybridized carbons (Fsp3) is 0.100. The fourth-order valence-corrected chi connectivity index (χ4v) is 5.23. The van der Waals surface area contributed by atoms with Gasteiger partial charge < -0.3 is 14.8 Å². The zero-order chi connectivity index (χ0) is 27.4. The van der Waals surface area contributed by atoms with Crippen LogP contribution in [-0.2, 0) is 16.2 Å². The van der Waals surface area contributed by atoms with Crippen LogP contribution in [0.25, 0.3) is 16.8 Å². The van der Waals surface area contributed by atoms with Crippen LogP contribution in [0, 0.1) is 0 Å². The SMILES string of the molecule is COc1cc(/C=C2/SC(=O)N(CC(=O)Nc3ccc(Br)cc3)C2=O)ccc1OCc1cccc2ccccc12. The van der Waals surface area contributed by atoms with Crippen molar-refractivity contribution < 1.29 is 23.9 Å². The number of rotatable bonds is 8. The van der Waals surface area contributed by atoms with Crippen LogP contribution in [0.3, 0.4) is 0 Å². The summed E-state index contributed by atoms with van der Waals surface area (Å²) in [5, 5.41) is 4.45. The highest BCUT2D eigenvalue weighted by Gasteiger charge is 2.36. The molecule has 196 valence electrons. The Morgan fingerprint density at radius 1 is 0.974 bits per heavy atom. The third-order valence-electron chi connectivity index (χ3n) is 6.05. The first kappa shape index (κ1) is 26.5. The van der Waals surface area contributed by atoms with Crippen LogP contribution in [0.15, 0.2) is 94.3 Å². The molecule has 0 aliphatic carbocycles. The van der Waals surface area contributed by atoms with E-state index in [1.807, 2.05) is 24.3 Å². The Morgan fingerprint density at radius 3 is 2.54 bits per heavy atom. The van der Waals surface area contributed by atoms with Gasteiger partial charge in [-0.25, -0.2) is 0 Å². The van der Waals surface area contributed by atoms with Gasteiger partial charge in [-0.15, -0.1) is 0 Å². The van der Waals surface area contributed by atoms with Crippen LogP contribution in [0.5, 0.6) is 11.5 Å². The number of imide groups is 1.